The standard InChI is InChI=1S/C29H40N4O4/c1-17-11-12-21-23(13-17)31-26-22(30-21)10-8-6-7-9-19-15-24(19)37-28(35)32-25(29(3,4)5)27(34)33-16-20(36-26)14-18(33)2/h11-13,18-20,24-25H,6-10,14-16H2,1-5H3,(H,32,35)/t18-,19-,20-,24-,25-/m1/s1. The van der Waals surface area contributed by atoms with E-state index in [1.54, 1.807) is 0 Å². The van der Waals surface area contributed by atoms with Gasteiger partial charge >= 0.3 is 6.09 Å². The number of hydrogen-bond donors (Lipinski definition) is 1. The van der Waals surface area contributed by atoms with Gasteiger partial charge in [-0.25, -0.2) is 14.8 Å². The van der Waals surface area contributed by atoms with E-state index in [0.717, 1.165) is 60.8 Å². The van der Waals surface area contributed by atoms with Gasteiger partial charge < -0.3 is 19.7 Å². The number of alkyl carbamates (subject to hydrolysis) is 1. The maximum Gasteiger partial charge on any atom is 0.408 e. The van der Waals surface area contributed by atoms with Crippen LogP contribution in [-0.4, -0.2) is 57.7 Å². The van der Waals surface area contributed by atoms with Crippen LogP contribution in [0.3, 0.4) is 0 Å². The van der Waals surface area contributed by atoms with Gasteiger partial charge in [-0.2, -0.15) is 0 Å². The number of nitrogens with one attached hydrogen (secondary N) is 1. The molecule has 2 bridgehead atoms. The molecule has 37 heavy (non-hydrogen) atoms. The van der Waals surface area contributed by atoms with Crippen LogP contribution in [0.15, 0.2) is 18.2 Å². The number of carbonyl (C=O) groups is 2. The Morgan fingerprint density at radius 3 is 2.62 bits per heavy atom. The summed E-state index contributed by atoms with van der Waals surface area (Å²) in [5.74, 6) is 0.898. The fourth-order valence-electron chi connectivity index (χ4n) is 5.62. The number of aromatic nitrogens is 2. The van der Waals surface area contributed by atoms with Crippen molar-refractivity contribution in [1.29, 1.82) is 0 Å². The van der Waals surface area contributed by atoms with Crippen LogP contribution in [0.5, 0.6) is 5.88 Å². The molecule has 0 unspecified atom stereocenters. The van der Waals surface area contributed by atoms with E-state index in [2.05, 4.69) is 11.4 Å². The van der Waals surface area contributed by atoms with Gasteiger partial charge in [-0.1, -0.05) is 39.7 Å². The second-order valence-corrected chi connectivity index (χ2v) is 12.3. The lowest BCUT2D eigenvalue weighted by Gasteiger charge is -2.34. The van der Waals surface area contributed by atoms with Gasteiger partial charge in [0, 0.05) is 12.5 Å². The highest BCUT2D eigenvalue weighted by atomic mass is 16.6. The highest BCUT2D eigenvalue weighted by Gasteiger charge is 2.44. The molecule has 8 nitrogen and oxygen atoms in total. The number of ether oxygens (including phenoxy) is 2. The molecule has 3 heterocycles. The van der Waals surface area contributed by atoms with Gasteiger partial charge in [0.1, 0.15) is 23.9 Å². The average molecular weight is 509 g/mol. The van der Waals surface area contributed by atoms with E-state index < -0.39 is 17.6 Å². The predicted molar refractivity (Wildman–Crippen MR) is 141 cm³/mol. The first-order chi connectivity index (χ1) is 17.6. The van der Waals surface area contributed by atoms with Crippen molar-refractivity contribution in [3.8, 4) is 5.88 Å². The van der Waals surface area contributed by atoms with Crippen LogP contribution in [0, 0.1) is 18.3 Å². The topological polar surface area (TPSA) is 93.7 Å². The summed E-state index contributed by atoms with van der Waals surface area (Å²) >= 11 is 0. The molecular weight excluding hydrogens is 468 g/mol. The normalized spacial score (nSPS) is 29.3. The molecule has 3 aliphatic rings. The lowest BCUT2D eigenvalue weighted by atomic mass is 9.85. The molecule has 1 aromatic carbocycles. The number of fused-ring (bicyclic) bond motifs is 5. The third kappa shape index (κ3) is 5.83. The summed E-state index contributed by atoms with van der Waals surface area (Å²) in [6, 6.07) is 5.42. The zero-order valence-corrected chi connectivity index (χ0v) is 22.8. The van der Waals surface area contributed by atoms with Gasteiger partial charge in [-0.3, -0.25) is 4.79 Å². The Hall–Kier alpha value is -2.90. The molecule has 1 aromatic heterocycles. The summed E-state index contributed by atoms with van der Waals surface area (Å²) in [6.45, 7) is 10.4. The summed E-state index contributed by atoms with van der Waals surface area (Å²) in [6.07, 6.45) is 5.89. The number of hydrogen-bond acceptors (Lipinski definition) is 6. The maximum atomic E-state index is 13.7. The molecule has 8 heteroatoms. The van der Waals surface area contributed by atoms with Crippen molar-refractivity contribution in [2.45, 2.75) is 104 Å². The quantitative estimate of drug-likeness (QED) is 0.541. The highest BCUT2D eigenvalue weighted by molar-refractivity contribution is 5.87. The van der Waals surface area contributed by atoms with E-state index >= 15 is 0 Å². The molecule has 1 saturated heterocycles. The summed E-state index contributed by atoms with van der Waals surface area (Å²) < 4.78 is 12.2. The van der Waals surface area contributed by atoms with E-state index in [1.807, 2.05) is 51.7 Å². The van der Waals surface area contributed by atoms with Crippen LogP contribution < -0.4 is 10.1 Å². The van der Waals surface area contributed by atoms with Gasteiger partial charge in [-0.05, 0) is 68.6 Å². The van der Waals surface area contributed by atoms with Crippen LogP contribution in [0.4, 0.5) is 4.79 Å². The molecule has 2 aliphatic heterocycles. The van der Waals surface area contributed by atoms with Crippen molar-refractivity contribution in [3.05, 3.63) is 29.5 Å². The van der Waals surface area contributed by atoms with Gasteiger partial charge in [0.25, 0.3) is 0 Å². The molecule has 2 aromatic rings. The molecular formula is C29H40N4O4. The maximum absolute atomic E-state index is 13.7. The number of carbonyl (C=O) groups excluding carboxylic acids is 2. The van der Waals surface area contributed by atoms with Crippen LogP contribution >= 0.6 is 0 Å². The Bertz CT molecular complexity index is 1180. The second kappa shape index (κ2) is 10.1. The van der Waals surface area contributed by atoms with E-state index in [0.29, 0.717) is 24.8 Å². The number of rotatable bonds is 0. The largest absolute Gasteiger partial charge is 0.471 e. The van der Waals surface area contributed by atoms with E-state index in [1.165, 1.54) is 0 Å². The van der Waals surface area contributed by atoms with E-state index in [4.69, 9.17) is 19.4 Å². The van der Waals surface area contributed by atoms with E-state index in [-0.39, 0.29) is 24.2 Å². The molecule has 2 fully saturated rings. The highest BCUT2D eigenvalue weighted by Crippen LogP contribution is 2.38. The van der Waals surface area contributed by atoms with Gasteiger partial charge in [0.05, 0.1) is 17.6 Å². The summed E-state index contributed by atoms with van der Waals surface area (Å²) in [5.41, 5.74) is 3.27. The predicted octanol–water partition coefficient (Wildman–Crippen LogP) is 4.95. The van der Waals surface area contributed by atoms with Gasteiger partial charge in [0.2, 0.25) is 11.8 Å². The average Bonchev–Trinajstić information content (AvgIpc) is 3.45. The summed E-state index contributed by atoms with van der Waals surface area (Å²) in [7, 11) is 0. The first-order valence-electron chi connectivity index (χ1n) is 13.8. The number of benzene rings is 1. The minimum Gasteiger partial charge on any atom is -0.471 e. The zero-order valence-electron chi connectivity index (χ0n) is 22.8. The lowest BCUT2D eigenvalue weighted by Crippen LogP contribution is -2.55. The number of nitrogens with zero attached hydrogens (tertiary/aromatic N) is 3. The van der Waals surface area contributed by atoms with E-state index in [9.17, 15) is 9.59 Å². The Kier molecular flexibility index (Phi) is 7.03. The minimum absolute atomic E-state index is 0.0193. The SMILES string of the molecule is Cc1ccc2nc3c(nc2c1)O[C@@H]1C[C@@H](C)N(C1)C(=O)[C@H](C(C)(C)C)NC(=O)O[C@@H]1C[C@H]1CCCCC3. The molecule has 1 saturated carbocycles. The van der Waals surface area contributed by atoms with Crippen LogP contribution in [-0.2, 0) is 16.0 Å². The molecule has 0 spiro atoms. The van der Waals surface area contributed by atoms with Crippen LogP contribution in [0.2, 0.25) is 0 Å². The molecule has 5 rings (SSSR count). The molecule has 1 aliphatic carbocycles. The second-order valence-electron chi connectivity index (χ2n) is 12.3. The van der Waals surface area contributed by atoms with Crippen LogP contribution in [0.25, 0.3) is 11.0 Å². The summed E-state index contributed by atoms with van der Waals surface area (Å²) in [5, 5.41) is 2.90. The molecule has 1 N–H and O–H groups in total. The fourth-order valence-corrected chi connectivity index (χ4v) is 5.62. The summed E-state index contributed by atoms with van der Waals surface area (Å²) in [4.78, 5) is 38.1. The third-order valence-corrected chi connectivity index (χ3v) is 7.93. The molecule has 2 amide bonds. The first kappa shape index (κ1) is 25.7. The Morgan fingerprint density at radius 2 is 1.84 bits per heavy atom. The lowest BCUT2D eigenvalue weighted by molar-refractivity contribution is -0.136. The zero-order chi connectivity index (χ0) is 26.3. The first-order valence-corrected chi connectivity index (χ1v) is 13.8. The van der Waals surface area contributed by atoms with Crippen molar-refractivity contribution in [1.82, 2.24) is 20.2 Å². The van der Waals surface area contributed by atoms with Gasteiger partial charge in [-0.15, -0.1) is 0 Å². The number of aryl methyl sites for hydroxylation is 2. The number of amides is 2. The van der Waals surface area contributed by atoms with Crippen molar-refractivity contribution in [2.24, 2.45) is 11.3 Å². The third-order valence-electron chi connectivity index (χ3n) is 7.93. The molecule has 0 radical (unpaired) electrons. The van der Waals surface area contributed by atoms with Crippen LogP contribution in [0.1, 0.15) is 77.5 Å². The fraction of sp³-hybridized carbons (Fsp3) is 0.655. The van der Waals surface area contributed by atoms with Crippen molar-refractivity contribution < 1.29 is 19.1 Å². The smallest absolute Gasteiger partial charge is 0.408 e. The Morgan fingerprint density at radius 1 is 1.03 bits per heavy atom. The Balaban J connectivity index is 1.43. The van der Waals surface area contributed by atoms with Crippen molar-refractivity contribution in [3.63, 3.8) is 0 Å². The monoisotopic (exact) mass is 508 g/mol. The Labute approximate surface area is 219 Å². The molecule has 5 atom stereocenters. The minimum atomic E-state index is -0.684. The van der Waals surface area contributed by atoms with Crippen molar-refractivity contribution in [2.75, 3.05) is 6.54 Å². The molecule has 200 valence electrons. The van der Waals surface area contributed by atoms with Gasteiger partial charge in [0.15, 0.2) is 0 Å². The van der Waals surface area contributed by atoms with Crippen molar-refractivity contribution >= 4 is 23.0 Å².